The molecular weight excluding hydrogens is 725 g/mol. The monoisotopic (exact) mass is 770 g/mol. The van der Waals surface area contributed by atoms with Crippen LogP contribution in [0.1, 0.15) is 86.1 Å². The third kappa shape index (κ3) is 8.47. The van der Waals surface area contributed by atoms with Crippen LogP contribution in [0.15, 0.2) is 79.1 Å². The van der Waals surface area contributed by atoms with Crippen LogP contribution in [0.25, 0.3) is 22.0 Å². The van der Waals surface area contributed by atoms with Crippen molar-refractivity contribution in [3.8, 4) is 23.1 Å². The van der Waals surface area contributed by atoms with Gasteiger partial charge >= 0.3 is 12.2 Å². The molecule has 5 aromatic rings. The number of imidazole rings is 2. The summed E-state index contributed by atoms with van der Waals surface area (Å²) < 4.78 is 9.56. The molecule has 0 unspecified atom stereocenters. The van der Waals surface area contributed by atoms with Crippen LogP contribution in [0.5, 0.6) is 0 Å². The van der Waals surface area contributed by atoms with Gasteiger partial charge < -0.3 is 39.9 Å². The lowest BCUT2D eigenvalue weighted by Gasteiger charge is -2.29. The fourth-order valence-electron chi connectivity index (χ4n) is 7.64. The van der Waals surface area contributed by atoms with E-state index in [-0.39, 0.29) is 29.8 Å². The Morgan fingerprint density at radius 3 is 2.09 bits per heavy atom. The average Bonchev–Trinajstić information content (AvgIpc) is 4.07. The average molecular weight is 771 g/mol. The summed E-state index contributed by atoms with van der Waals surface area (Å²) in [5.41, 5.74) is 3.94. The predicted molar refractivity (Wildman–Crippen MR) is 212 cm³/mol. The van der Waals surface area contributed by atoms with Crippen molar-refractivity contribution in [3.05, 3.63) is 108 Å². The van der Waals surface area contributed by atoms with E-state index in [0.717, 1.165) is 53.3 Å². The molecule has 0 aliphatic carbocycles. The molecule has 0 bridgehead atoms. The van der Waals surface area contributed by atoms with Crippen molar-refractivity contribution in [3.63, 3.8) is 0 Å². The van der Waals surface area contributed by atoms with Gasteiger partial charge in [0.25, 0.3) is 5.91 Å². The van der Waals surface area contributed by atoms with Crippen LogP contribution in [0, 0.1) is 17.8 Å². The molecule has 3 aromatic carbocycles. The summed E-state index contributed by atoms with van der Waals surface area (Å²) in [5, 5.41) is 7.44. The smallest absolute Gasteiger partial charge is 0.407 e. The van der Waals surface area contributed by atoms with Crippen LogP contribution in [0.3, 0.4) is 0 Å². The van der Waals surface area contributed by atoms with Crippen molar-refractivity contribution in [2.45, 2.75) is 63.7 Å². The van der Waals surface area contributed by atoms with E-state index in [9.17, 15) is 19.2 Å². The number of nitrogens with one attached hydrogen (secondary N) is 4. The number of rotatable bonds is 9. The largest absolute Gasteiger partial charge is 0.453 e. The van der Waals surface area contributed by atoms with Crippen molar-refractivity contribution >= 4 is 34.8 Å². The number of nitrogens with zero attached hydrogens (tertiary/aromatic N) is 4. The van der Waals surface area contributed by atoms with Crippen LogP contribution in [0.2, 0.25) is 0 Å². The van der Waals surface area contributed by atoms with E-state index in [2.05, 4.69) is 43.5 Å². The summed E-state index contributed by atoms with van der Waals surface area (Å²) in [6, 6.07) is 19.3. The number of aromatic nitrogens is 4. The Hall–Kier alpha value is -6.62. The van der Waals surface area contributed by atoms with Crippen LogP contribution >= 0.6 is 0 Å². The van der Waals surface area contributed by atoms with Gasteiger partial charge in [-0.2, -0.15) is 0 Å². The third-order valence-electron chi connectivity index (χ3n) is 10.6. The number of amides is 4. The maximum Gasteiger partial charge on any atom is 0.407 e. The van der Waals surface area contributed by atoms with E-state index in [4.69, 9.17) is 14.5 Å². The third-order valence-corrected chi connectivity index (χ3v) is 10.6. The lowest BCUT2D eigenvalue weighted by Crippen LogP contribution is -2.51. The van der Waals surface area contributed by atoms with Gasteiger partial charge in [-0.05, 0) is 72.1 Å². The van der Waals surface area contributed by atoms with Gasteiger partial charge in [0.05, 0.1) is 44.4 Å². The second kappa shape index (κ2) is 17.0. The number of hydrogen-bond acceptors (Lipinski definition) is 8. The molecule has 2 aliphatic rings. The first kappa shape index (κ1) is 38.6. The normalized spacial score (nSPS) is 17.5. The Bertz CT molecular complexity index is 2330. The predicted octanol–water partition coefficient (Wildman–Crippen LogP) is 6.16. The van der Waals surface area contributed by atoms with E-state index < -0.39 is 24.3 Å². The Balaban J connectivity index is 1.03. The highest BCUT2D eigenvalue weighted by molar-refractivity contribution is 5.89. The van der Waals surface area contributed by atoms with E-state index in [1.165, 1.54) is 14.2 Å². The molecule has 0 saturated carbocycles. The number of H-pyrrole nitrogens is 2. The SMILES string of the molecule is COC(=O)N[C@H](C(=O)N1CCC[C@H]1c1ncc(-c2ccc3cc(C#Cc4cnc([C@@H]5CCCN5C(=O)[C@@H](NC(=O)OC)C(C)C)[nH]4)ccc3c2)[nH]1)c1ccccc1. The highest BCUT2D eigenvalue weighted by Gasteiger charge is 2.38. The fraction of sp³-hybridized carbons (Fsp3) is 0.349. The van der Waals surface area contributed by atoms with Crippen molar-refractivity contribution in [2.24, 2.45) is 5.92 Å². The quantitative estimate of drug-likeness (QED) is 0.129. The Morgan fingerprint density at radius 1 is 0.754 bits per heavy atom. The fourth-order valence-corrected chi connectivity index (χ4v) is 7.64. The first-order valence-electron chi connectivity index (χ1n) is 19.1. The zero-order chi connectivity index (χ0) is 40.1. The van der Waals surface area contributed by atoms with Crippen LogP contribution in [-0.2, 0) is 19.1 Å². The van der Waals surface area contributed by atoms with Gasteiger partial charge in [0.1, 0.15) is 29.4 Å². The van der Waals surface area contributed by atoms with E-state index in [1.54, 1.807) is 22.2 Å². The number of benzene rings is 3. The number of aromatic amines is 2. The molecule has 2 aromatic heterocycles. The van der Waals surface area contributed by atoms with Crippen molar-refractivity contribution < 1.29 is 28.7 Å². The lowest BCUT2D eigenvalue weighted by molar-refractivity contribution is -0.135. The first-order chi connectivity index (χ1) is 27.6. The molecule has 2 aliphatic heterocycles. The van der Waals surface area contributed by atoms with Gasteiger partial charge in [-0.25, -0.2) is 19.6 Å². The number of alkyl carbamates (subject to hydrolysis) is 2. The zero-order valence-electron chi connectivity index (χ0n) is 32.4. The van der Waals surface area contributed by atoms with Gasteiger partial charge in [0.15, 0.2) is 0 Å². The van der Waals surface area contributed by atoms with Crippen LogP contribution < -0.4 is 10.6 Å². The summed E-state index contributed by atoms with van der Waals surface area (Å²) >= 11 is 0. The molecular formula is C43H46N8O6. The van der Waals surface area contributed by atoms with Crippen molar-refractivity contribution in [2.75, 3.05) is 27.3 Å². The van der Waals surface area contributed by atoms with Gasteiger partial charge in [-0.1, -0.05) is 68.3 Å². The summed E-state index contributed by atoms with van der Waals surface area (Å²) in [7, 11) is 2.56. The zero-order valence-corrected chi connectivity index (χ0v) is 32.4. The Morgan fingerprint density at radius 2 is 1.39 bits per heavy atom. The standard InChI is InChI=1S/C43H46N8O6/c1-26(2)36(48-42(54)56-3)40(52)50-20-8-12-34(50)38-44-24-32(46-38)19-15-27-14-16-30-23-31(18-17-29(30)22-27)33-25-45-39(47-33)35-13-9-21-51(35)41(53)37(49-43(55)57-4)28-10-6-5-7-11-28/h5-7,10-11,14,16-18,22-26,34-37H,8-9,12-13,20-21H2,1-4H3,(H,44,46)(H,45,47)(H,48,54)(H,49,55)/t34-,35-,36-,37-/m0/s1. The van der Waals surface area contributed by atoms with Gasteiger partial charge in [-0.15, -0.1) is 0 Å². The molecule has 4 N–H and O–H groups in total. The lowest BCUT2D eigenvalue weighted by atomic mass is 10.0. The first-order valence-corrected chi connectivity index (χ1v) is 19.1. The Labute approximate surface area is 330 Å². The molecule has 294 valence electrons. The molecule has 14 nitrogen and oxygen atoms in total. The number of hydrogen-bond donors (Lipinski definition) is 4. The van der Waals surface area contributed by atoms with E-state index in [0.29, 0.717) is 36.0 Å². The molecule has 57 heavy (non-hydrogen) atoms. The molecule has 0 spiro atoms. The summed E-state index contributed by atoms with van der Waals surface area (Å²) in [5.74, 6) is 7.28. The highest BCUT2D eigenvalue weighted by atomic mass is 16.5. The van der Waals surface area contributed by atoms with Gasteiger partial charge in [0, 0.05) is 24.2 Å². The minimum atomic E-state index is -0.886. The number of ether oxygens (including phenoxy) is 2. The molecule has 7 rings (SSSR count). The number of fused-ring (bicyclic) bond motifs is 1. The molecule has 2 saturated heterocycles. The topological polar surface area (TPSA) is 175 Å². The summed E-state index contributed by atoms with van der Waals surface area (Å²) in [4.78, 5) is 71.1. The molecule has 4 atom stereocenters. The van der Waals surface area contributed by atoms with Crippen molar-refractivity contribution in [1.29, 1.82) is 0 Å². The molecule has 4 heterocycles. The number of likely N-dealkylation sites (tertiary alicyclic amines) is 2. The Kier molecular flexibility index (Phi) is 11.5. The molecule has 14 heteroatoms. The minimum Gasteiger partial charge on any atom is -0.453 e. The van der Waals surface area contributed by atoms with Crippen LogP contribution in [0.4, 0.5) is 9.59 Å². The molecule has 2 fully saturated rings. The minimum absolute atomic E-state index is 0.117. The number of carbonyl (C=O) groups excluding carboxylic acids is 4. The van der Waals surface area contributed by atoms with Gasteiger partial charge in [-0.3, -0.25) is 9.59 Å². The highest BCUT2D eigenvalue weighted by Crippen LogP contribution is 2.35. The van der Waals surface area contributed by atoms with Crippen LogP contribution in [-0.4, -0.2) is 87.1 Å². The summed E-state index contributed by atoms with van der Waals surface area (Å²) in [6.07, 6.45) is 5.30. The second-order valence-corrected chi connectivity index (χ2v) is 14.6. The molecule has 0 radical (unpaired) electrons. The second-order valence-electron chi connectivity index (χ2n) is 14.6. The van der Waals surface area contributed by atoms with Crippen molar-refractivity contribution in [1.82, 2.24) is 40.4 Å². The van der Waals surface area contributed by atoms with E-state index >= 15 is 0 Å². The maximum atomic E-state index is 13.9. The van der Waals surface area contributed by atoms with Gasteiger partial charge in [0.2, 0.25) is 5.91 Å². The maximum absolute atomic E-state index is 13.9. The number of methoxy groups -OCH3 is 2. The van der Waals surface area contributed by atoms with E-state index in [1.807, 2.05) is 74.5 Å². The summed E-state index contributed by atoms with van der Waals surface area (Å²) in [6.45, 7) is 4.90. The molecule has 4 amide bonds. The number of carbonyl (C=O) groups is 4.